The molecule has 2 amide bonds. The zero-order valence-electron chi connectivity index (χ0n) is 13.0. The van der Waals surface area contributed by atoms with E-state index in [4.69, 9.17) is 4.74 Å². The van der Waals surface area contributed by atoms with Gasteiger partial charge in [0.25, 0.3) is 5.91 Å². The molecule has 0 heterocycles. The highest BCUT2D eigenvalue weighted by Gasteiger charge is 2.42. The van der Waals surface area contributed by atoms with Crippen molar-refractivity contribution in [2.24, 2.45) is 11.8 Å². The number of carbonyl (C=O) groups excluding carboxylic acids is 3. The Morgan fingerprint density at radius 3 is 2.13 bits per heavy atom. The Morgan fingerprint density at radius 1 is 1.17 bits per heavy atom. The molecular weight excluding hydrogens is 315 g/mol. The summed E-state index contributed by atoms with van der Waals surface area (Å²) in [6.07, 6.45) is -5.55. The van der Waals surface area contributed by atoms with E-state index in [1.807, 2.05) is 0 Å². The molecule has 1 aliphatic carbocycles. The molecular formula is C15H20F3NO4. The molecule has 0 bridgehead atoms. The molecule has 1 fully saturated rings. The number of hydrogen-bond donors (Lipinski definition) is 1. The number of alkyl halides is 3. The summed E-state index contributed by atoms with van der Waals surface area (Å²) < 4.78 is 42.5. The maximum absolute atomic E-state index is 12.6. The van der Waals surface area contributed by atoms with Crippen molar-refractivity contribution < 1.29 is 32.3 Å². The van der Waals surface area contributed by atoms with E-state index in [-0.39, 0.29) is 31.3 Å². The molecule has 1 rings (SSSR count). The lowest BCUT2D eigenvalue weighted by Gasteiger charge is -2.29. The summed E-state index contributed by atoms with van der Waals surface area (Å²) in [6.45, 7) is 6.07. The van der Waals surface area contributed by atoms with Gasteiger partial charge < -0.3 is 4.74 Å². The maximum Gasteiger partial charge on any atom is 0.391 e. The van der Waals surface area contributed by atoms with Gasteiger partial charge in [0, 0.05) is 11.5 Å². The minimum atomic E-state index is -4.25. The van der Waals surface area contributed by atoms with Crippen LogP contribution in [0.2, 0.25) is 0 Å². The molecule has 0 saturated heterocycles. The zero-order valence-corrected chi connectivity index (χ0v) is 13.0. The van der Waals surface area contributed by atoms with Gasteiger partial charge in [0.05, 0.1) is 5.92 Å². The summed E-state index contributed by atoms with van der Waals surface area (Å²) in [5.74, 6) is -4.22. The highest BCUT2D eigenvalue weighted by Crippen LogP contribution is 2.39. The zero-order chi connectivity index (χ0) is 17.8. The second-order valence-corrected chi connectivity index (χ2v) is 5.77. The molecule has 1 N–H and O–H groups in total. The third-order valence-electron chi connectivity index (χ3n) is 3.81. The minimum absolute atomic E-state index is 0.0726. The fourth-order valence-corrected chi connectivity index (χ4v) is 2.32. The van der Waals surface area contributed by atoms with Crippen LogP contribution in [0.5, 0.6) is 0 Å². The van der Waals surface area contributed by atoms with Crippen LogP contribution in [-0.4, -0.2) is 30.1 Å². The van der Waals surface area contributed by atoms with Crippen LogP contribution in [0, 0.1) is 11.8 Å². The number of carbonyl (C=O) groups is 3. The number of rotatable bonds is 4. The molecule has 1 aliphatic rings. The van der Waals surface area contributed by atoms with Crippen molar-refractivity contribution in [2.75, 3.05) is 0 Å². The van der Waals surface area contributed by atoms with Crippen LogP contribution in [-0.2, 0) is 19.1 Å². The highest BCUT2D eigenvalue weighted by molar-refractivity contribution is 5.99. The molecule has 0 aromatic heterocycles. The summed E-state index contributed by atoms with van der Waals surface area (Å²) in [5, 5.41) is 2.08. The standard InChI is InChI=1S/C15H20F3NO4/c1-8(2)14(22)23-9(3)12(20)19-13(21)10-4-6-11(7-5-10)15(16,17)18/h9-11H,1,4-7H2,2-3H3,(H,19,20,21). The first kappa shape index (κ1) is 19.2. The predicted molar refractivity (Wildman–Crippen MR) is 75.0 cm³/mol. The van der Waals surface area contributed by atoms with Gasteiger partial charge in [-0.25, -0.2) is 4.79 Å². The molecule has 23 heavy (non-hydrogen) atoms. The lowest BCUT2D eigenvalue weighted by molar-refractivity contribution is -0.184. The van der Waals surface area contributed by atoms with Crippen LogP contribution in [0.4, 0.5) is 13.2 Å². The first-order chi connectivity index (χ1) is 10.5. The maximum atomic E-state index is 12.6. The van der Waals surface area contributed by atoms with Crippen molar-refractivity contribution in [3.63, 3.8) is 0 Å². The van der Waals surface area contributed by atoms with Crippen LogP contribution >= 0.6 is 0 Å². The second-order valence-electron chi connectivity index (χ2n) is 5.77. The number of esters is 1. The van der Waals surface area contributed by atoms with Crippen molar-refractivity contribution >= 4 is 17.8 Å². The third kappa shape index (κ3) is 5.69. The van der Waals surface area contributed by atoms with Crippen molar-refractivity contribution in [2.45, 2.75) is 51.8 Å². The lowest BCUT2D eigenvalue weighted by atomic mass is 9.81. The molecule has 0 aliphatic heterocycles. The van der Waals surface area contributed by atoms with E-state index < -0.39 is 41.9 Å². The van der Waals surface area contributed by atoms with Gasteiger partial charge >= 0.3 is 12.1 Å². The molecule has 130 valence electrons. The average Bonchev–Trinajstić information content (AvgIpc) is 2.46. The van der Waals surface area contributed by atoms with Gasteiger partial charge in [0.15, 0.2) is 6.10 Å². The third-order valence-corrected chi connectivity index (χ3v) is 3.81. The van der Waals surface area contributed by atoms with Crippen molar-refractivity contribution in [3.05, 3.63) is 12.2 Å². The Bertz CT molecular complexity index is 493. The SMILES string of the molecule is C=C(C)C(=O)OC(C)C(=O)NC(=O)C1CCC(C(F)(F)F)CC1. The molecule has 1 atom stereocenters. The smallest absolute Gasteiger partial charge is 0.391 e. The van der Waals surface area contributed by atoms with E-state index in [0.29, 0.717) is 0 Å². The van der Waals surface area contributed by atoms with Gasteiger partial charge in [0.1, 0.15) is 0 Å². The normalized spacial score (nSPS) is 22.8. The molecule has 1 saturated carbocycles. The van der Waals surface area contributed by atoms with Crippen molar-refractivity contribution in [3.8, 4) is 0 Å². The number of nitrogens with one attached hydrogen (secondary N) is 1. The fraction of sp³-hybridized carbons (Fsp3) is 0.667. The molecule has 8 heteroatoms. The monoisotopic (exact) mass is 335 g/mol. The topological polar surface area (TPSA) is 72.5 Å². The van der Waals surface area contributed by atoms with Crippen LogP contribution in [0.3, 0.4) is 0 Å². The van der Waals surface area contributed by atoms with E-state index in [2.05, 4.69) is 11.9 Å². The molecule has 0 aromatic rings. The Labute approximate surface area is 132 Å². The molecule has 0 radical (unpaired) electrons. The van der Waals surface area contributed by atoms with E-state index in [0.717, 1.165) is 0 Å². The number of halogens is 3. The van der Waals surface area contributed by atoms with Crippen LogP contribution in [0.25, 0.3) is 0 Å². The summed E-state index contributed by atoms with van der Waals surface area (Å²) in [7, 11) is 0. The Morgan fingerprint density at radius 2 is 1.70 bits per heavy atom. The van der Waals surface area contributed by atoms with Gasteiger partial charge in [-0.1, -0.05) is 6.58 Å². The number of amides is 2. The Balaban J connectivity index is 2.46. The number of imide groups is 1. The van der Waals surface area contributed by atoms with Gasteiger partial charge in [-0.3, -0.25) is 14.9 Å². The van der Waals surface area contributed by atoms with Crippen LogP contribution in [0.1, 0.15) is 39.5 Å². The molecule has 0 aromatic carbocycles. The van der Waals surface area contributed by atoms with Gasteiger partial charge in [0.2, 0.25) is 5.91 Å². The molecule has 0 spiro atoms. The predicted octanol–water partition coefficient (Wildman–Crippen LogP) is 2.51. The molecule has 1 unspecified atom stereocenters. The summed E-state index contributed by atoms with van der Waals surface area (Å²) in [4.78, 5) is 35.0. The number of hydrogen-bond acceptors (Lipinski definition) is 4. The highest BCUT2D eigenvalue weighted by atomic mass is 19.4. The fourth-order valence-electron chi connectivity index (χ4n) is 2.32. The van der Waals surface area contributed by atoms with Gasteiger partial charge in [-0.15, -0.1) is 0 Å². The Hall–Kier alpha value is -1.86. The summed E-state index contributed by atoms with van der Waals surface area (Å²) >= 11 is 0. The average molecular weight is 335 g/mol. The first-order valence-corrected chi connectivity index (χ1v) is 7.30. The van der Waals surface area contributed by atoms with Gasteiger partial charge in [-0.2, -0.15) is 13.2 Å². The van der Waals surface area contributed by atoms with Crippen molar-refractivity contribution in [1.82, 2.24) is 5.32 Å². The first-order valence-electron chi connectivity index (χ1n) is 7.30. The van der Waals surface area contributed by atoms with Crippen LogP contribution in [0.15, 0.2) is 12.2 Å². The van der Waals surface area contributed by atoms with E-state index in [1.165, 1.54) is 13.8 Å². The van der Waals surface area contributed by atoms with E-state index in [1.54, 1.807) is 0 Å². The van der Waals surface area contributed by atoms with Crippen LogP contribution < -0.4 is 5.32 Å². The van der Waals surface area contributed by atoms with E-state index >= 15 is 0 Å². The lowest BCUT2D eigenvalue weighted by Crippen LogP contribution is -2.43. The summed E-state index contributed by atoms with van der Waals surface area (Å²) in [5.41, 5.74) is 0.112. The largest absolute Gasteiger partial charge is 0.449 e. The minimum Gasteiger partial charge on any atom is -0.449 e. The quantitative estimate of drug-likeness (QED) is 0.633. The van der Waals surface area contributed by atoms with Gasteiger partial charge in [-0.05, 0) is 39.5 Å². The van der Waals surface area contributed by atoms with E-state index in [9.17, 15) is 27.6 Å². The second kappa shape index (κ2) is 7.61. The number of ether oxygens (including phenoxy) is 1. The van der Waals surface area contributed by atoms with Crippen molar-refractivity contribution in [1.29, 1.82) is 0 Å². The molecule has 5 nitrogen and oxygen atoms in total. The Kier molecular flexibility index (Phi) is 6.35. The summed E-state index contributed by atoms with van der Waals surface area (Å²) in [6, 6.07) is 0.